The van der Waals surface area contributed by atoms with Crippen molar-refractivity contribution in [2.75, 3.05) is 4.90 Å². The largest absolute Gasteiger partial charge is 0.309 e. The van der Waals surface area contributed by atoms with E-state index in [-0.39, 0.29) is 0 Å². The molecule has 0 spiro atoms. The summed E-state index contributed by atoms with van der Waals surface area (Å²) < 4.78 is 2.41. The maximum atomic E-state index is 2.49. The number of hydrogen-bond acceptors (Lipinski definition) is 1. The Balaban J connectivity index is 1.18. The molecular weight excluding hydrogens is 713 g/mol. The lowest BCUT2D eigenvalue weighted by atomic mass is 9.67. The second kappa shape index (κ2) is 13.2. The Kier molecular flexibility index (Phi) is 7.48. The average Bonchev–Trinajstić information content (AvgIpc) is 3.80. The Morgan fingerprint density at radius 2 is 0.898 bits per heavy atom. The molecule has 12 rings (SSSR count). The first kappa shape index (κ1) is 33.5. The topological polar surface area (TPSA) is 8.17 Å². The van der Waals surface area contributed by atoms with E-state index in [9.17, 15) is 0 Å². The van der Waals surface area contributed by atoms with Crippen molar-refractivity contribution in [1.29, 1.82) is 0 Å². The molecular formula is C57H38N2. The van der Waals surface area contributed by atoms with E-state index in [0.29, 0.717) is 0 Å². The van der Waals surface area contributed by atoms with Crippen LogP contribution in [0.3, 0.4) is 0 Å². The van der Waals surface area contributed by atoms with Crippen molar-refractivity contribution >= 4 is 60.4 Å². The van der Waals surface area contributed by atoms with Crippen LogP contribution in [0.4, 0.5) is 17.1 Å². The highest BCUT2D eigenvalue weighted by atomic mass is 15.1. The minimum atomic E-state index is -0.601. The molecule has 0 amide bonds. The highest BCUT2D eigenvalue weighted by molar-refractivity contribution is 6.10. The zero-order valence-electron chi connectivity index (χ0n) is 32.3. The molecule has 0 aliphatic heterocycles. The first-order valence-electron chi connectivity index (χ1n) is 20.4. The van der Waals surface area contributed by atoms with Gasteiger partial charge in [-0.25, -0.2) is 0 Å². The van der Waals surface area contributed by atoms with Crippen LogP contribution in [-0.2, 0) is 5.41 Å². The molecule has 276 valence electrons. The van der Waals surface area contributed by atoms with Gasteiger partial charge in [0.25, 0.3) is 0 Å². The third kappa shape index (κ3) is 4.93. The predicted octanol–water partition coefficient (Wildman–Crippen LogP) is 14.9. The minimum absolute atomic E-state index is 0.601. The molecule has 11 aromatic rings. The monoisotopic (exact) mass is 750 g/mol. The van der Waals surface area contributed by atoms with Gasteiger partial charge >= 0.3 is 0 Å². The van der Waals surface area contributed by atoms with E-state index in [2.05, 4.69) is 240 Å². The Morgan fingerprint density at radius 3 is 1.63 bits per heavy atom. The molecule has 1 aliphatic rings. The van der Waals surface area contributed by atoms with Crippen LogP contribution in [0, 0.1) is 0 Å². The number of fused-ring (bicyclic) bond motifs is 8. The maximum absolute atomic E-state index is 2.49. The van der Waals surface area contributed by atoms with Crippen molar-refractivity contribution in [3.63, 3.8) is 0 Å². The second-order valence-corrected chi connectivity index (χ2v) is 15.6. The number of benzene rings is 10. The van der Waals surface area contributed by atoms with Gasteiger partial charge in [-0.1, -0.05) is 176 Å². The van der Waals surface area contributed by atoms with Crippen LogP contribution in [0.15, 0.2) is 231 Å². The summed E-state index contributed by atoms with van der Waals surface area (Å²) in [6.07, 6.45) is 0. The fourth-order valence-corrected chi connectivity index (χ4v) is 10.2. The van der Waals surface area contributed by atoms with E-state index >= 15 is 0 Å². The van der Waals surface area contributed by atoms with Gasteiger partial charge in [0.15, 0.2) is 0 Å². The van der Waals surface area contributed by atoms with Crippen LogP contribution in [0.1, 0.15) is 22.3 Å². The predicted molar refractivity (Wildman–Crippen MR) is 248 cm³/mol. The summed E-state index contributed by atoms with van der Waals surface area (Å²) in [6, 6.07) is 85.1. The van der Waals surface area contributed by atoms with Gasteiger partial charge < -0.3 is 9.47 Å². The molecule has 1 aliphatic carbocycles. The molecule has 2 nitrogen and oxygen atoms in total. The first-order valence-corrected chi connectivity index (χ1v) is 20.4. The van der Waals surface area contributed by atoms with Gasteiger partial charge in [0, 0.05) is 32.9 Å². The molecule has 1 unspecified atom stereocenters. The number of para-hydroxylation sites is 2. The summed E-state index contributed by atoms with van der Waals surface area (Å²) in [7, 11) is 0. The summed E-state index contributed by atoms with van der Waals surface area (Å²) in [5.41, 5.74) is 14.0. The van der Waals surface area contributed by atoms with Crippen LogP contribution in [0.2, 0.25) is 0 Å². The third-order valence-corrected chi connectivity index (χ3v) is 12.6. The minimum Gasteiger partial charge on any atom is -0.309 e. The van der Waals surface area contributed by atoms with Gasteiger partial charge in [-0.05, 0) is 98.8 Å². The summed E-state index contributed by atoms with van der Waals surface area (Å²) in [5, 5.41) is 7.33. The van der Waals surface area contributed by atoms with Gasteiger partial charge in [0.2, 0.25) is 0 Å². The lowest BCUT2D eigenvalue weighted by molar-refractivity contribution is 0.770. The van der Waals surface area contributed by atoms with Crippen LogP contribution in [-0.4, -0.2) is 4.57 Å². The molecule has 0 fully saturated rings. The van der Waals surface area contributed by atoms with E-state index in [0.717, 1.165) is 22.7 Å². The van der Waals surface area contributed by atoms with Crippen molar-refractivity contribution in [3.8, 4) is 16.8 Å². The maximum Gasteiger partial charge on any atom is 0.0714 e. The number of aromatic nitrogens is 1. The molecule has 0 saturated heterocycles. The molecule has 1 atom stereocenters. The number of rotatable bonds is 6. The van der Waals surface area contributed by atoms with Gasteiger partial charge in [-0.3, -0.25) is 0 Å². The molecule has 10 aromatic carbocycles. The zero-order chi connectivity index (χ0) is 38.9. The van der Waals surface area contributed by atoms with Crippen LogP contribution >= 0.6 is 0 Å². The molecule has 2 heteroatoms. The van der Waals surface area contributed by atoms with Gasteiger partial charge in [-0.15, -0.1) is 0 Å². The smallest absolute Gasteiger partial charge is 0.0714 e. The Hall–Kier alpha value is -7.68. The van der Waals surface area contributed by atoms with E-state index < -0.39 is 5.41 Å². The second-order valence-electron chi connectivity index (χ2n) is 15.6. The molecule has 0 bridgehead atoms. The fraction of sp³-hybridized carbons (Fsp3) is 0.0175. The lowest BCUT2D eigenvalue weighted by Gasteiger charge is -2.35. The van der Waals surface area contributed by atoms with Crippen LogP contribution in [0.25, 0.3) is 60.2 Å². The number of anilines is 3. The molecule has 0 radical (unpaired) electrons. The van der Waals surface area contributed by atoms with Crippen molar-refractivity contribution in [2.24, 2.45) is 0 Å². The SMILES string of the molecule is c1ccc(-n2c3ccccc3c3cc(C4(c5ccccc5)c5ccccc5-c5ccc(N(c6cccc7ccccc67)c6cccc7ccccc67)cc54)ccc32)cc1. The molecule has 59 heavy (non-hydrogen) atoms. The van der Waals surface area contributed by atoms with Gasteiger partial charge in [-0.2, -0.15) is 0 Å². The standard InChI is InChI=1S/C57H38N2/c1-3-21-41(22-4-1)57(42-33-36-56-50(37-42)49-28-12-14-30-55(49)58(56)43-23-5-2-6-24-43)51-29-13-11-27-47(51)48-35-34-44(38-52(48)57)59(53-31-15-19-39-17-7-9-25-45(39)53)54-32-16-20-40-18-8-10-26-46(40)54/h1-38H. The quantitative estimate of drug-likeness (QED) is 0.164. The van der Waals surface area contributed by atoms with E-state index in [1.807, 2.05) is 0 Å². The highest BCUT2D eigenvalue weighted by Crippen LogP contribution is 2.58. The number of hydrogen-bond donors (Lipinski definition) is 0. The Morgan fingerprint density at radius 1 is 0.339 bits per heavy atom. The molecule has 1 aromatic heterocycles. The fourth-order valence-electron chi connectivity index (χ4n) is 10.2. The van der Waals surface area contributed by atoms with Crippen LogP contribution in [0.5, 0.6) is 0 Å². The Labute approximate surface area is 343 Å². The summed E-state index contributed by atoms with van der Waals surface area (Å²) in [5.74, 6) is 0. The molecule has 0 saturated carbocycles. The lowest BCUT2D eigenvalue weighted by Crippen LogP contribution is -2.28. The van der Waals surface area contributed by atoms with E-state index in [1.165, 1.54) is 76.7 Å². The van der Waals surface area contributed by atoms with E-state index in [1.54, 1.807) is 0 Å². The normalized spacial score (nSPS) is 14.5. The zero-order valence-corrected chi connectivity index (χ0v) is 32.3. The van der Waals surface area contributed by atoms with E-state index in [4.69, 9.17) is 0 Å². The van der Waals surface area contributed by atoms with Crippen molar-refractivity contribution in [1.82, 2.24) is 4.57 Å². The Bertz CT molecular complexity index is 3310. The summed E-state index contributed by atoms with van der Waals surface area (Å²) in [6.45, 7) is 0. The van der Waals surface area contributed by atoms with Crippen molar-refractivity contribution < 1.29 is 0 Å². The van der Waals surface area contributed by atoms with Crippen molar-refractivity contribution in [2.45, 2.75) is 5.41 Å². The molecule has 0 N–H and O–H groups in total. The molecule has 1 heterocycles. The highest BCUT2D eigenvalue weighted by Gasteiger charge is 2.46. The van der Waals surface area contributed by atoms with Crippen LogP contribution < -0.4 is 4.90 Å². The van der Waals surface area contributed by atoms with Crippen molar-refractivity contribution in [3.05, 3.63) is 253 Å². The third-order valence-electron chi connectivity index (χ3n) is 12.6. The first-order chi connectivity index (χ1) is 29.3. The average molecular weight is 751 g/mol. The van der Waals surface area contributed by atoms with Gasteiger partial charge in [0.1, 0.15) is 0 Å². The number of nitrogens with zero attached hydrogens (tertiary/aromatic N) is 2. The summed E-state index contributed by atoms with van der Waals surface area (Å²) >= 11 is 0. The van der Waals surface area contributed by atoms with Gasteiger partial charge in [0.05, 0.1) is 27.8 Å². The summed E-state index contributed by atoms with van der Waals surface area (Å²) in [4.78, 5) is 2.49.